The van der Waals surface area contributed by atoms with Gasteiger partial charge in [-0.15, -0.1) is 0 Å². The molecule has 1 amide bonds. The number of alkyl halides is 3. The van der Waals surface area contributed by atoms with Crippen LogP contribution in [-0.4, -0.2) is 44.9 Å². The lowest BCUT2D eigenvalue weighted by Gasteiger charge is -2.35. The van der Waals surface area contributed by atoms with Gasteiger partial charge in [-0.3, -0.25) is 4.79 Å². The number of imidazole rings is 1. The highest BCUT2D eigenvalue weighted by atomic mass is 32.2. The van der Waals surface area contributed by atoms with E-state index in [4.69, 9.17) is 0 Å². The van der Waals surface area contributed by atoms with Crippen LogP contribution in [0.1, 0.15) is 32.6 Å². The van der Waals surface area contributed by atoms with Gasteiger partial charge >= 0.3 is 6.18 Å². The van der Waals surface area contributed by atoms with Gasteiger partial charge in [-0.25, -0.2) is 4.98 Å². The number of benzene rings is 1. The number of carbonyl (C=O) groups is 1. The summed E-state index contributed by atoms with van der Waals surface area (Å²) in [6.45, 7) is 1.66. The minimum Gasteiger partial charge on any atom is -0.339 e. The van der Waals surface area contributed by atoms with Crippen molar-refractivity contribution < 1.29 is 18.0 Å². The molecule has 8 heteroatoms. The fraction of sp³-hybridized carbons (Fsp3) is 0.500. The molecule has 2 aromatic rings. The second-order valence-electron chi connectivity index (χ2n) is 6.93. The Morgan fingerprint density at radius 1 is 1.25 bits per heavy atom. The Bertz CT molecular complexity index is 792. The largest absolute Gasteiger partial charge is 0.406 e. The van der Waals surface area contributed by atoms with Crippen LogP contribution in [-0.2, 0) is 11.3 Å². The molecule has 0 saturated carbocycles. The van der Waals surface area contributed by atoms with Crippen molar-refractivity contribution in [3.05, 3.63) is 36.5 Å². The van der Waals surface area contributed by atoms with Gasteiger partial charge in [0.15, 0.2) is 5.16 Å². The highest BCUT2D eigenvalue weighted by Gasteiger charge is 2.31. The smallest absolute Gasteiger partial charge is 0.339 e. The zero-order chi connectivity index (χ0) is 20.1. The number of aromatic nitrogens is 2. The van der Waals surface area contributed by atoms with Crippen molar-refractivity contribution in [3.8, 4) is 11.3 Å². The van der Waals surface area contributed by atoms with Crippen LogP contribution in [0, 0.1) is 0 Å². The van der Waals surface area contributed by atoms with Crippen molar-refractivity contribution in [2.75, 3.05) is 12.3 Å². The molecule has 2 heterocycles. The van der Waals surface area contributed by atoms with Gasteiger partial charge in [-0.05, 0) is 31.2 Å². The number of piperidine rings is 1. The molecule has 28 heavy (non-hydrogen) atoms. The maximum absolute atomic E-state index is 13.1. The summed E-state index contributed by atoms with van der Waals surface area (Å²) < 4.78 is 40.6. The quantitative estimate of drug-likeness (QED) is 0.628. The van der Waals surface area contributed by atoms with Crippen LogP contribution in [0.5, 0.6) is 0 Å². The van der Waals surface area contributed by atoms with Gasteiger partial charge in [0, 0.05) is 12.6 Å². The second-order valence-corrected chi connectivity index (χ2v) is 7.87. The molecule has 1 aromatic heterocycles. The SMILES string of the molecule is CCC1CCCCN1C(=O)CSc1ncc(-c2ccccc2)n1CC(F)(F)F. The Hall–Kier alpha value is -1.96. The molecule has 0 spiro atoms. The van der Waals surface area contributed by atoms with Crippen molar-refractivity contribution in [1.29, 1.82) is 0 Å². The zero-order valence-electron chi connectivity index (χ0n) is 15.8. The number of nitrogens with zero attached hydrogens (tertiary/aromatic N) is 3. The van der Waals surface area contributed by atoms with E-state index in [1.807, 2.05) is 11.0 Å². The average Bonchev–Trinajstić information content (AvgIpc) is 3.07. The zero-order valence-corrected chi connectivity index (χ0v) is 16.6. The summed E-state index contributed by atoms with van der Waals surface area (Å²) in [5, 5.41) is 0.217. The van der Waals surface area contributed by atoms with Crippen LogP contribution in [0.3, 0.4) is 0 Å². The van der Waals surface area contributed by atoms with Crippen LogP contribution >= 0.6 is 11.8 Å². The molecule has 0 aliphatic carbocycles. The number of hydrogen-bond donors (Lipinski definition) is 0. The first-order valence-corrected chi connectivity index (χ1v) is 10.5. The molecule has 0 N–H and O–H groups in total. The summed E-state index contributed by atoms with van der Waals surface area (Å²) in [6, 6.07) is 9.10. The second kappa shape index (κ2) is 9.03. The van der Waals surface area contributed by atoms with Gasteiger partial charge in [0.1, 0.15) is 6.54 Å². The van der Waals surface area contributed by atoms with Crippen molar-refractivity contribution in [3.63, 3.8) is 0 Å². The van der Waals surface area contributed by atoms with Crippen LogP contribution < -0.4 is 0 Å². The Kier molecular flexibility index (Phi) is 6.69. The van der Waals surface area contributed by atoms with Gasteiger partial charge in [-0.2, -0.15) is 13.2 Å². The molecule has 0 bridgehead atoms. The third kappa shape index (κ3) is 5.10. The Morgan fingerprint density at radius 3 is 2.68 bits per heavy atom. The van der Waals surface area contributed by atoms with E-state index in [-0.39, 0.29) is 22.9 Å². The van der Waals surface area contributed by atoms with Crippen molar-refractivity contribution >= 4 is 17.7 Å². The fourth-order valence-corrected chi connectivity index (χ4v) is 4.47. The van der Waals surface area contributed by atoms with Gasteiger partial charge < -0.3 is 9.47 Å². The molecule has 1 atom stereocenters. The monoisotopic (exact) mass is 411 g/mol. The lowest BCUT2D eigenvalue weighted by molar-refractivity contribution is -0.141. The molecule has 1 saturated heterocycles. The molecule has 1 aliphatic rings. The minimum atomic E-state index is -4.37. The minimum absolute atomic E-state index is 0.0284. The van der Waals surface area contributed by atoms with E-state index in [2.05, 4.69) is 11.9 Å². The first kappa shape index (κ1) is 20.8. The third-order valence-corrected chi connectivity index (χ3v) is 5.94. The van der Waals surface area contributed by atoms with Crippen molar-refractivity contribution in [1.82, 2.24) is 14.5 Å². The van der Waals surface area contributed by atoms with Crippen molar-refractivity contribution in [2.45, 2.75) is 56.5 Å². The number of amides is 1. The topological polar surface area (TPSA) is 38.1 Å². The summed E-state index contributed by atoms with van der Waals surface area (Å²) in [5.74, 6) is 0.0685. The Balaban J connectivity index is 1.78. The van der Waals surface area contributed by atoms with Crippen LogP contribution in [0.15, 0.2) is 41.7 Å². The number of hydrogen-bond acceptors (Lipinski definition) is 3. The average molecular weight is 411 g/mol. The number of thioether (sulfide) groups is 1. The van der Waals surface area contributed by atoms with Crippen LogP contribution in [0.25, 0.3) is 11.3 Å². The number of likely N-dealkylation sites (tertiary alicyclic amines) is 1. The first-order valence-electron chi connectivity index (χ1n) is 9.49. The molecule has 1 aliphatic heterocycles. The molecule has 1 aromatic carbocycles. The summed E-state index contributed by atoms with van der Waals surface area (Å²) in [6.07, 6.45) is 1.07. The van der Waals surface area contributed by atoms with E-state index >= 15 is 0 Å². The molecule has 4 nitrogen and oxygen atoms in total. The van der Waals surface area contributed by atoms with Gasteiger partial charge in [-0.1, -0.05) is 49.0 Å². The normalized spacial score (nSPS) is 17.7. The summed E-state index contributed by atoms with van der Waals surface area (Å²) in [5.41, 5.74) is 1.07. The van der Waals surface area contributed by atoms with Gasteiger partial charge in [0.05, 0.1) is 17.6 Å². The fourth-order valence-electron chi connectivity index (χ4n) is 3.61. The maximum atomic E-state index is 13.1. The first-order chi connectivity index (χ1) is 13.4. The summed E-state index contributed by atoms with van der Waals surface area (Å²) in [7, 11) is 0. The molecular weight excluding hydrogens is 387 g/mol. The Labute approximate surface area is 167 Å². The molecular formula is C20H24F3N3OS. The predicted octanol–water partition coefficient (Wildman–Crippen LogP) is 5.00. The maximum Gasteiger partial charge on any atom is 0.406 e. The van der Waals surface area contributed by atoms with Gasteiger partial charge in [0.25, 0.3) is 0 Å². The summed E-state index contributed by atoms with van der Waals surface area (Å²) in [4.78, 5) is 18.7. The van der Waals surface area contributed by atoms with Crippen LogP contribution in [0.4, 0.5) is 13.2 Å². The number of carbonyl (C=O) groups excluding carboxylic acids is 1. The number of halogens is 3. The van der Waals surface area contributed by atoms with E-state index in [9.17, 15) is 18.0 Å². The third-order valence-electron chi connectivity index (χ3n) is 4.97. The van der Waals surface area contributed by atoms with Crippen molar-refractivity contribution in [2.24, 2.45) is 0 Å². The lowest BCUT2D eigenvalue weighted by atomic mass is 10.0. The number of rotatable bonds is 6. The standard InChI is InChI=1S/C20H24F3N3OS/c1-2-16-10-6-7-11-25(16)18(27)13-28-19-24-12-17(15-8-4-3-5-9-15)26(19)14-20(21,22)23/h3-5,8-9,12,16H,2,6-7,10-11,13-14H2,1H3. The lowest BCUT2D eigenvalue weighted by Crippen LogP contribution is -2.44. The van der Waals surface area contributed by atoms with Gasteiger partial charge in [0.2, 0.25) is 5.91 Å². The molecule has 1 fully saturated rings. The molecule has 0 radical (unpaired) electrons. The summed E-state index contributed by atoms with van der Waals surface area (Å²) >= 11 is 1.08. The van der Waals surface area contributed by atoms with E-state index in [1.165, 1.54) is 6.20 Å². The van der Waals surface area contributed by atoms with E-state index in [0.717, 1.165) is 48.6 Å². The molecule has 3 rings (SSSR count). The van der Waals surface area contributed by atoms with Crippen LogP contribution in [0.2, 0.25) is 0 Å². The predicted molar refractivity (Wildman–Crippen MR) is 104 cm³/mol. The van der Waals surface area contributed by atoms with E-state index < -0.39 is 12.7 Å². The molecule has 1 unspecified atom stereocenters. The molecule has 152 valence electrons. The Morgan fingerprint density at radius 2 is 2.00 bits per heavy atom. The highest BCUT2D eigenvalue weighted by molar-refractivity contribution is 7.99. The highest BCUT2D eigenvalue weighted by Crippen LogP contribution is 2.30. The van der Waals surface area contributed by atoms with E-state index in [1.54, 1.807) is 24.3 Å². The van der Waals surface area contributed by atoms with E-state index in [0.29, 0.717) is 11.3 Å².